The fourth-order valence-corrected chi connectivity index (χ4v) is 1.22. The number of carboxylic acid groups (broad SMARTS) is 1. The lowest BCUT2D eigenvalue weighted by atomic mass is 10.2. The molecule has 0 aliphatic rings. The molecule has 1 N–H and O–H groups in total. The van der Waals surface area contributed by atoms with Crippen LogP contribution in [0.25, 0.3) is 0 Å². The van der Waals surface area contributed by atoms with Crippen LogP contribution in [0.5, 0.6) is 0 Å². The van der Waals surface area contributed by atoms with Crippen LogP contribution in [-0.4, -0.2) is 29.1 Å². The minimum Gasteiger partial charge on any atom is -0.480 e. The van der Waals surface area contributed by atoms with Gasteiger partial charge < -0.3 is 5.11 Å². The Balaban J connectivity index is 2.70. The fourth-order valence-electron chi connectivity index (χ4n) is 1.22. The van der Waals surface area contributed by atoms with Crippen molar-refractivity contribution in [3.8, 4) is 0 Å². The van der Waals surface area contributed by atoms with Gasteiger partial charge in [-0.15, -0.1) is 0 Å². The molecule has 0 aliphatic heterocycles. The van der Waals surface area contributed by atoms with Crippen LogP contribution in [0.4, 0.5) is 4.39 Å². The first-order valence-corrected chi connectivity index (χ1v) is 4.69. The lowest BCUT2D eigenvalue weighted by Gasteiger charge is -2.21. The van der Waals surface area contributed by atoms with E-state index >= 15 is 0 Å². The third kappa shape index (κ3) is 3.02. The van der Waals surface area contributed by atoms with Gasteiger partial charge in [-0.05, 0) is 20.0 Å². The molecule has 0 saturated carbocycles. The maximum Gasteiger partial charge on any atom is 0.320 e. The highest BCUT2D eigenvalue weighted by Crippen LogP contribution is 2.10. The predicted molar refractivity (Wildman–Crippen MR) is 55.0 cm³/mol. The van der Waals surface area contributed by atoms with Gasteiger partial charge in [-0.25, -0.2) is 4.39 Å². The zero-order valence-electron chi connectivity index (χ0n) is 8.77. The van der Waals surface area contributed by atoms with Crippen LogP contribution in [0.15, 0.2) is 24.3 Å². The Morgan fingerprint density at radius 3 is 2.67 bits per heavy atom. The number of likely N-dealkylation sites (N-methyl/N-ethyl adjacent to an activating group) is 1. The van der Waals surface area contributed by atoms with Gasteiger partial charge in [0.25, 0.3) is 0 Å². The summed E-state index contributed by atoms with van der Waals surface area (Å²) in [5.41, 5.74) is 0.508. The van der Waals surface area contributed by atoms with Crippen molar-refractivity contribution in [3.63, 3.8) is 0 Å². The van der Waals surface area contributed by atoms with Crippen molar-refractivity contribution >= 4 is 5.97 Å². The van der Waals surface area contributed by atoms with Crippen molar-refractivity contribution in [1.29, 1.82) is 0 Å². The molecule has 0 saturated heterocycles. The Labute approximate surface area is 88.1 Å². The van der Waals surface area contributed by atoms with Crippen LogP contribution >= 0.6 is 0 Å². The third-order valence-electron chi connectivity index (χ3n) is 2.40. The summed E-state index contributed by atoms with van der Waals surface area (Å²) in [5, 5.41) is 8.76. The number of halogens is 1. The van der Waals surface area contributed by atoms with Crippen LogP contribution < -0.4 is 0 Å². The summed E-state index contributed by atoms with van der Waals surface area (Å²) in [5.74, 6) is -1.21. The van der Waals surface area contributed by atoms with Crippen LogP contribution in [0.2, 0.25) is 0 Å². The molecule has 1 aromatic rings. The molecule has 0 amide bonds. The number of carboxylic acids is 1. The number of aliphatic carboxylic acids is 1. The first kappa shape index (κ1) is 11.7. The maximum absolute atomic E-state index is 13.2. The highest BCUT2D eigenvalue weighted by atomic mass is 19.1. The standard InChI is InChI=1S/C11H14FNO2/c1-8(11(14)15)13(2)7-9-5-3-4-6-10(9)12/h3-6,8H,7H2,1-2H3,(H,14,15)/t8-/m1/s1. The quantitative estimate of drug-likeness (QED) is 0.824. The highest BCUT2D eigenvalue weighted by Gasteiger charge is 2.17. The van der Waals surface area contributed by atoms with E-state index < -0.39 is 12.0 Å². The van der Waals surface area contributed by atoms with Gasteiger partial charge in [0.1, 0.15) is 11.9 Å². The number of hydrogen-bond donors (Lipinski definition) is 1. The van der Waals surface area contributed by atoms with E-state index in [9.17, 15) is 9.18 Å². The summed E-state index contributed by atoms with van der Waals surface area (Å²) in [7, 11) is 1.66. The van der Waals surface area contributed by atoms with Crippen molar-refractivity contribution in [2.75, 3.05) is 7.05 Å². The summed E-state index contributed by atoms with van der Waals surface area (Å²) < 4.78 is 13.2. The Morgan fingerprint density at radius 2 is 2.13 bits per heavy atom. The molecule has 0 unspecified atom stereocenters. The molecule has 1 rings (SSSR count). The van der Waals surface area contributed by atoms with E-state index in [4.69, 9.17) is 5.11 Å². The number of carbonyl (C=O) groups is 1. The topological polar surface area (TPSA) is 40.5 Å². The predicted octanol–water partition coefficient (Wildman–Crippen LogP) is 1.73. The molecule has 1 aromatic carbocycles. The van der Waals surface area contributed by atoms with Crippen molar-refractivity contribution in [3.05, 3.63) is 35.6 Å². The molecule has 0 heterocycles. The Kier molecular flexibility index (Phi) is 3.80. The van der Waals surface area contributed by atoms with Crippen molar-refractivity contribution in [2.45, 2.75) is 19.5 Å². The molecule has 3 nitrogen and oxygen atoms in total. The molecule has 0 fully saturated rings. The van der Waals surface area contributed by atoms with E-state index in [-0.39, 0.29) is 5.82 Å². The van der Waals surface area contributed by atoms with E-state index in [1.165, 1.54) is 6.07 Å². The van der Waals surface area contributed by atoms with Crippen LogP contribution in [0.3, 0.4) is 0 Å². The lowest BCUT2D eigenvalue weighted by Crippen LogP contribution is -2.35. The molecular formula is C11H14FNO2. The second-order valence-electron chi connectivity index (χ2n) is 3.52. The van der Waals surface area contributed by atoms with Gasteiger partial charge in [0.05, 0.1) is 0 Å². The molecule has 0 spiro atoms. The van der Waals surface area contributed by atoms with Crippen LogP contribution in [-0.2, 0) is 11.3 Å². The van der Waals surface area contributed by atoms with E-state index in [0.29, 0.717) is 12.1 Å². The smallest absolute Gasteiger partial charge is 0.320 e. The maximum atomic E-state index is 13.2. The summed E-state index contributed by atoms with van der Waals surface area (Å²) >= 11 is 0. The van der Waals surface area contributed by atoms with Gasteiger partial charge in [0, 0.05) is 12.1 Å². The fraction of sp³-hybridized carbons (Fsp3) is 0.364. The van der Waals surface area contributed by atoms with Crippen molar-refractivity contribution in [1.82, 2.24) is 4.90 Å². The summed E-state index contributed by atoms with van der Waals surface area (Å²) in [6, 6.07) is 5.75. The lowest BCUT2D eigenvalue weighted by molar-refractivity contribution is -0.142. The minimum absolute atomic E-state index is 0.292. The van der Waals surface area contributed by atoms with E-state index in [1.807, 2.05) is 0 Å². The number of benzene rings is 1. The molecular weight excluding hydrogens is 197 g/mol. The molecule has 15 heavy (non-hydrogen) atoms. The van der Waals surface area contributed by atoms with E-state index in [2.05, 4.69) is 0 Å². The van der Waals surface area contributed by atoms with Crippen LogP contribution in [0.1, 0.15) is 12.5 Å². The Morgan fingerprint density at radius 1 is 1.53 bits per heavy atom. The zero-order chi connectivity index (χ0) is 11.4. The summed E-state index contributed by atoms with van der Waals surface area (Å²) in [6.45, 7) is 1.86. The average molecular weight is 211 g/mol. The first-order valence-electron chi connectivity index (χ1n) is 4.69. The normalized spacial score (nSPS) is 12.8. The SMILES string of the molecule is C[C@H](C(=O)O)N(C)Cc1ccccc1F. The van der Waals surface area contributed by atoms with E-state index in [1.54, 1.807) is 37.1 Å². The zero-order valence-corrected chi connectivity index (χ0v) is 8.77. The largest absolute Gasteiger partial charge is 0.480 e. The number of rotatable bonds is 4. The molecule has 0 aliphatic carbocycles. The second-order valence-corrected chi connectivity index (χ2v) is 3.52. The molecule has 0 bridgehead atoms. The number of hydrogen-bond acceptors (Lipinski definition) is 2. The third-order valence-corrected chi connectivity index (χ3v) is 2.40. The highest BCUT2D eigenvalue weighted by molar-refractivity contribution is 5.72. The van der Waals surface area contributed by atoms with Crippen LogP contribution in [0, 0.1) is 5.82 Å². The first-order chi connectivity index (χ1) is 7.02. The molecule has 4 heteroatoms. The average Bonchev–Trinajstić information content (AvgIpc) is 2.20. The van der Waals surface area contributed by atoms with Gasteiger partial charge in [-0.1, -0.05) is 18.2 Å². The van der Waals surface area contributed by atoms with Gasteiger partial charge in [0.15, 0.2) is 0 Å². The molecule has 1 atom stereocenters. The molecule has 82 valence electrons. The molecule has 0 radical (unpaired) electrons. The van der Waals surface area contributed by atoms with Crippen molar-refractivity contribution in [2.24, 2.45) is 0 Å². The number of nitrogens with zero attached hydrogens (tertiary/aromatic N) is 1. The summed E-state index contributed by atoms with van der Waals surface area (Å²) in [4.78, 5) is 12.3. The molecule has 0 aromatic heterocycles. The second kappa shape index (κ2) is 4.89. The van der Waals surface area contributed by atoms with E-state index in [0.717, 1.165) is 0 Å². The Hall–Kier alpha value is -1.42. The monoisotopic (exact) mass is 211 g/mol. The summed E-state index contributed by atoms with van der Waals surface area (Å²) in [6.07, 6.45) is 0. The van der Waals surface area contributed by atoms with Gasteiger partial charge in [-0.3, -0.25) is 9.69 Å². The van der Waals surface area contributed by atoms with Gasteiger partial charge >= 0.3 is 5.97 Å². The van der Waals surface area contributed by atoms with Gasteiger partial charge in [-0.2, -0.15) is 0 Å². The minimum atomic E-state index is -0.908. The van der Waals surface area contributed by atoms with Crippen molar-refractivity contribution < 1.29 is 14.3 Å². The van der Waals surface area contributed by atoms with Gasteiger partial charge in [0.2, 0.25) is 0 Å². The Bertz CT molecular complexity index is 354.